The Bertz CT molecular complexity index is 508. The first-order valence-electron chi connectivity index (χ1n) is 5.86. The van der Waals surface area contributed by atoms with Gasteiger partial charge in [-0.15, -0.1) is 0 Å². The van der Waals surface area contributed by atoms with Crippen molar-refractivity contribution in [1.29, 1.82) is 0 Å². The van der Waals surface area contributed by atoms with Crippen LogP contribution in [0.4, 0.5) is 0 Å². The quantitative estimate of drug-likeness (QED) is 0.866. The Labute approximate surface area is 107 Å². The van der Waals surface area contributed by atoms with Gasteiger partial charge in [0.05, 0.1) is 19.8 Å². The molecule has 3 N–H and O–H groups in total. The fraction of sp³-hybridized carbons (Fsp3) is 0.200. The summed E-state index contributed by atoms with van der Waals surface area (Å²) in [6, 6.07) is 15.4. The fourth-order valence-electron chi connectivity index (χ4n) is 1.90. The number of aliphatic hydroxyl groups is 1. The fourth-order valence-corrected chi connectivity index (χ4v) is 1.90. The molecular weight excluding hydrogens is 226 g/mol. The third-order valence-corrected chi connectivity index (χ3v) is 2.95. The van der Waals surface area contributed by atoms with Crippen molar-refractivity contribution in [1.82, 2.24) is 0 Å². The zero-order valence-electron chi connectivity index (χ0n) is 10.3. The average molecular weight is 243 g/mol. The normalized spacial score (nSPS) is 12.2. The Morgan fingerprint density at radius 3 is 2.39 bits per heavy atom. The number of ether oxygens (including phenoxy) is 1. The van der Waals surface area contributed by atoms with Crippen molar-refractivity contribution in [2.75, 3.05) is 13.7 Å². The highest BCUT2D eigenvalue weighted by atomic mass is 16.5. The minimum Gasteiger partial charge on any atom is -0.496 e. The van der Waals surface area contributed by atoms with Gasteiger partial charge in [0.1, 0.15) is 5.75 Å². The summed E-state index contributed by atoms with van der Waals surface area (Å²) in [4.78, 5) is 0. The summed E-state index contributed by atoms with van der Waals surface area (Å²) in [6.07, 6.45) is 0. The molecule has 2 aromatic rings. The molecule has 18 heavy (non-hydrogen) atoms. The molecule has 0 amide bonds. The van der Waals surface area contributed by atoms with Crippen LogP contribution in [-0.4, -0.2) is 18.8 Å². The van der Waals surface area contributed by atoms with E-state index in [0.717, 1.165) is 22.4 Å². The first kappa shape index (κ1) is 12.6. The van der Waals surface area contributed by atoms with Gasteiger partial charge in [-0.2, -0.15) is 0 Å². The third kappa shape index (κ3) is 2.53. The van der Waals surface area contributed by atoms with E-state index in [1.165, 1.54) is 0 Å². The Morgan fingerprint density at radius 2 is 1.78 bits per heavy atom. The van der Waals surface area contributed by atoms with E-state index in [9.17, 15) is 0 Å². The van der Waals surface area contributed by atoms with Crippen LogP contribution < -0.4 is 10.5 Å². The van der Waals surface area contributed by atoms with Crippen LogP contribution in [0.15, 0.2) is 48.5 Å². The molecule has 0 spiro atoms. The van der Waals surface area contributed by atoms with Crippen molar-refractivity contribution in [3.05, 3.63) is 54.1 Å². The van der Waals surface area contributed by atoms with Crippen molar-refractivity contribution in [3.8, 4) is 16.9 Å². The molecule has 0 bridgehead atoms. The smallest absolute Gasteiger partial charge is 0.126 e. The summed E-state index contributed by atoms with van der Waals surface area (Å²) in [7, 11) is 1.66. The largest absolute Gasteiger partial charge is 0.496 e. The molecule has 0 aromatic heterocycles. The predicted molar refractivity (Wildman–Crippen MR) is 72.4 cm³/mol. The van der Waals surface area contributed by atoms with Crippen LogP contribution >= 0.6 is 0 Å². The number of nitrogens with two attached hydrogens (primary N) is 1. The van der Waals surface area contributed by atoms with Gasteiger partial charge in [-0.05, 0) is 17.2 Å². The maximum Gasteiger partial charge on any atom is 0.126 e. The van der Waals surface area contributed by atoms with Crippen LogP contribution in [-0.2, 0) is 0 Å². The van der Waals surface area contributed by atoms with E-state index < -0.39 is 0 Å². The van der Waals surface area contributed by atoms with Crippen molar-refractivity contribution >= 4 is 0 Å². The highest BCUT2D eigenvalue weighted by Gasteiger charge is 2.07. The van der Waals surface area contributed by atoms with E-state index in [2.05, 4.69) is 0 Å². The number of methoxy groups -OCH3 is 1. The topological polar surface area (TPSA) is 55.5 Å². The number of aliphatic hydroxyl groups excluding tert-OH is 1. The van der Waals surface area contributed by atoms with Crippen molar-refractivity contribution in [3.63, 3.8) is 0 Å². The van der Waals surface area contributed by atoms with E-state index in [4.69, 9.17) is 15.6 Å². The molecule has 1 atom stereocenters. The van der Waals surface area contributed by atoms with E-state index in [0.29, 0.717) is 0 Å². The molecule has 0 aliphatic heterocycles. The van der Waals surface area contributed by atoms with Gasteiger partial charge in [-0.1, -0.05) is 42.5 Å². The maximum absolute atomic E-state index is 9.01. The number of benzene rings is 2. The first-order chi connectivity index (χ1) is 8.76. The summed E-state index contributed by atoms with van der Waals surface area (Å²) >= 11 is 0. The predicted octanol–water partition coefficient (Wildman–Crippen LogP) is 2.35. The second-order valence-corrected chi connectivity index (χ2v) is 4.11. The van der Waals surface area contributed by atoms with E-state index in [1.54, 1.807) is 7.11 Å². The number of para-hydroxylation sites is 1. The lowest BCUT2D eigenvalue weighted by atomic mass is 10.0. The highest BCUT2D eigenvalue weighted by molar-refractivity contribution is 5.70. The summed E-state index contributed by atoms with van der Waals surface area (Å²) in [5.41, 5.74) is 8.81. The van der Waals surface area contributed by atoms with Gasteiger partial charge in [-0.3, -0.25) is 0 Å². The van der Waals surface area contributed by atoms with Crippen LogP contribution in [0.25, 0.3) is 11.1 Å². The Hall–Kier alpha value is -1.84. The van der Waals surface area contributed by atoms with E-state index in [1.807, 2.05) is 48.5 Å². The molecule has 3 nitrogen and oxygen atoms in total. The molecule has 2 rings (SSSR count). The van der Waals surface area contributed by atoms with E-state index >= 15 is 0 Å². The van der Waals surface area contributed by atoms with Crippen molar-refractivity contribution in [2.24, 2.45) is 5.73 Å². The summed E-state index contributed by atoms with van der Waals surface area (Å²) < 4.78 is 5.33. The lowest BCUT2D eigenvalue weighted by molar-refractivity contribution is 0.268. The second kappa shape index (κ2) is 5.67. The minimum atomic E-state index is -0.322. The zero-order chi connectivity index (χ0) is 13.0. The van der Waals surface area contributed by atoms with Crippen molar-refractivity contribution in [2.45, 2.75) is 6.04 Å². The van der Waals surface area contributed by atoms with Gasteiger partial charge < -0.3 is 15.6 Å². The highest BCUT2D eigenvalue weighted by Crippen LogP contribution is 2.29. The van der Waals surface area contributed by atoms with Crippen LogP contribution in [0, 0.1) is 0 Å². The summed E-state index contributed by atoms with van der Waals surface area (Å²) in [5, 5.41) is 9.01. The van der Waals surface area contributed by atoms with Gasteiger partial charge in [-0.25, -0.2) is 0 Å². The zero-order valence-corrected chi connectivity index (χ0v) is 10.3. The molecule has 0 unspecified atom stereocenters. The molecule has 3 heteroatoms. The molecule has 0 saturated heterocycles. The van der Waals surface area contributed by atoms with Crippen LogP contribution in [0.2, 0.25) is 0 Å². The molecular formula is C15H17NO2. The van der Waals surface area contributed by atoms with Crippen molar-refractivity contribution < 1.29 is 9.84 Å². The van der Waals surface area contributed by atoms with Gasteiger partial charge in [0.25, 0.3) is 0 Å². The molecule has 94 valence electrons. The number of rotatable bonds is 4. The molecule has 0 heterocycles. The Morgan fingerprint density at radius 1 is 1.11 bits per heavy atom. The Kier molecular flexibility index (Phi) is 3.97. The molecule has 2 aromatic carbocycles. The molecule has 0 saturated carbocycles. The van der Waals surface area contributed by atoms with Gasteiger partial charge in [0, 0.05) is 5.56 Å². The van der Waals surface area contributed by atoms with E-state index in [-0.39, 0.29) is 12.6 Å². The lowest BCUT2D eigenvalue weighted by Gasteiger charge is -2.11. The van der Waals surface area contributed by atoms with Gasteiger partial charge >= 0.3 is 0 Å². The monoisotopic (exact) mass is 243 g/mol. The van der Waals surface area contributed by atoms with Gasteiger partial charge in [0.2, 0.25) is 0 Å². The molecule has 0 aliphatic rings. The molecule has 0 radical (unpaired) electrons. The first-order valence-corrected chi connectivity index (χ1v) is 5.86. The van der Waals surface area contributed by atoms with Gasteiger partial charge in [0.15, 0.2) is 0 Å². The minimum absolute atomic E-state index is 0.0476. The van der Waals surface area contributed by atoms with Crippen LogP contribution in [0.1, 0.15) is 11.6 Å². The lowest BCUT2D eigenvalue weighted by Crippen LogP contribution is -2.14. The average Bonchev–Trinajstić information content (AvgIpc) is 2.46. The summed E-state index contributed by atoms with van der Waals surface area (Å²) in [6.45, 7) is -0.0476. The standard InChI is InChI=1S/C15H17NO2/c1-18-15-5-3-2-4-13(15)11-6-8-12(9-7-11)14(16)10-17/h2-9,14,17H,10,16H2,1H3/t14-/m1/s1. The SMILES string of the molecule is COc1ccccc1-c1ccc([C@H](N)CO)cc1. The summed E-state index contributed by atoms with van der Waals surface area (Å²) in [5.74, 6) is 0.844. The van der Waals surface area contributed by atoms with Crippen LogP contribution in [0.3, 0.4) is 0 Å². The Balaban J connectivity index is 2.34. The molecule has 0 fully saturated rings. The number of hydrogen-bond donors (Lipinski definition) is 2. The maximum atomic E-state index is 9.01. The molecule has 0 aliphatic carbocycles. The second-order valence-electron chi connectivity index (χ2n) is 4.11. The third-order valence-electron chi connectivity index (χ3n) is 2.95. The van der Waals surface area contributed by atoms with Crippen LogP contribution in [0.5, 0.6) is 5.75 Å². The number of hydrogen-bond acceptors (Lipinski definition) is 3.